The van der Waals surface area contributed by atoms with E-state index in [4.69, 9.17) is 16.3 Å². The van der Waals surface area contributed by atoms with Gasteiger partial charge >= 0.3 is 0 Å². The molecule has 2 aromatic rings. The predicted molar refractivity (Wildman–Crippen MR) is 108 cm³/mol. The van der Waals surface area contributed by atoms with Gasteiger partial charge in [-0.2, -0.15) is 0 Å². The molecule has 1 amide bonds. The van der Waals surface area contributed by atoms with Crippen LogP contribution in [0.25, 0.3) is 0 Å². The molecule has 6 heteroatoms. The van der Waals surface area contributed by atoms with Crippen LogP contribution in [-0.2, 0) is 11.3 Å². The summed E-state index contributed by atoms with van der Waals surface area (Å²) in [5, 5.41) is 3.79. The van der Waals surface area contributed by atoms with Crippen molar-refractivity contribution in [1.29, 1.82) is 0 Å². The number of piperazine rings is 1. The van der Waals surface area contributed by atoms with Crippen LogP contribution in [0.5, 0.6) is 5.75 Å². The molecule has 0 saturated carbocycles. The minimum absolute atomic E-state index is 0.0374. The fourth-order valence-electron chi connectivity index (χ4n) is 3.52. The minimum Gasteiger partial charge on any atom is -0.492 e. The second-order valence-corrected chi connectivity index (χ2v) is 7.40. The maximum atomic E-state index is 12.4. The lowest BCUT2D eigenvalue weighted by Gasteiger charge is -2.29. The number of hydrogen-bond donors (Lipinski definition) is 3. The van der Waals surface area contributed by atoms with E-state index in [9.17, 15) is 4.79 Å². The number of para-hydroxylation sites is 2. The quantitative estimate of drug-likeness (QED) is 0.651. The van der Waals surface area contributed by atoms with Crippen molar-refractivity contribution in [1.82, 2.24) is 0 Å². The van der Waals surface area contributed by atoms with Crippen LogP contribution in [0.1, 0.15) is 12.5 Å². The Morgan fingerprint density at radius 3 is 2.56 bits per heavy atom. The van der Waals surface area contributed by atoms with E-state index < -0.39 is 0 Å². The molecule has 144 valence electrons. The zero-order valence-electron chi connectivity index (χ0n) is 15.8. The van der Waals surface area contributed by atoms with E-state index in [2.05, 4.69) is 11.4 Å². The van der Waals surface area contributed by atoms with Crippen molar-refractivity contribution in [3.05, 3.63) is 59.1 Å². The molecule has 0 atom stereocenters. The summed E-state index contributed by atoms with van der Waals surface area (Å²) in [6.07, 6.45) is 0. The molecule has 1 fully saturated rings. The lowest BCUT2D eigenvalue weighted by Crippen LogP contribution is -3.28. The molecule has 0 unspecified atom stereocenters. The molecule has 0 bridgehead atoms. The summed E-state index contributed by atoms with van der Waals surface area (Å²) in [5.74, 6) is 0.759. The van der Waals surface area contributed by atoms with Gasteiger partial charge in [0, 0.05) is 10.6 Å². The van der Waals surface area contributed by atoms with E-state index in [1.165, 1.54) is 10.5 Å². The second kappa shape index (κ2) is 9.74. The lowest BCUT2D eigenvalue weighted by molar-refractivity contribution is -1.02. The number of anilines is 1. The Balaban J connectivity index is 1.45. The monoisotopic (exact) mass is 389 g/mol. The summed E-state index contributed by atoms with van der Waals surface area (Å²) in [4.78, 5) is 15.3. The zero-order chi connectivity index (χ0) is 19.1. The van der Waals surface area contributed by atoms with Gasteiger partial charge in [0.2, 0.25) is 0 Å². The Morgan fingerprint density at radius 1 is 1.07 bits per heavy atom. The van der Waals surface area contributed by atoms with Crippen molar-refractivity contribution in [3.63, 3.8) is 0 Å². The van der Waals surface area contributed by atoms with Crippen molar-refractivity contribution in [2.24, 2.45) is 0 Å². The fraction of sp³-hybridized carbons (Fsp3) is 0.381. The number of nitrogens with one attached hydrogen (secondary N) is 3. The van der Waals surface area contributed by atoms with Gasteiger partial charge in [-0.15, -0.1) is 0 Å². The number of carbonyl (C=O) groups excluding carboxylic acids is 1. The summed E-state index contributed by atoms with van der Waals surface area (Å²) in [6, 6.07) is 15.7. The van der Waals surface area contributed by atoms with Gasteiger partial charge in [0.15, 0.2) is 6.54 Å². The van der Waals surface area contributed by atoms with Crippen molar-refractivity contribution in [3.8, 4) is 5.75 Å². The van der Waals surface area contributed by atoms with Crippen LogP contribution in [0, 0.1) is 0 Å². The predicted octanol–water partition coefficient (Wildman–Crippen LogP) is 0.661. The van der Waals surface area contributed by atoms with Gasteiger partial charge in [-0.05, 0) is 31.2 Å². The van der Waals surface area contributed by atoms with Gasteiger partial charge < -0.3 is 19.9 Å². The van der Waals surface area contributed by atoms with Crippen molar-refractivity contribution in [2.75, 3.05) is 44.6 Å². The van der Waals surface area contributed by atoms with Crippen molar-refractivity contribution in [2.45, 2.75) is 13.5 Å². The van der Waals surface area contributed by atoms with Crippen LogP contribution in [-0.4, -0.2) is 45.2 Å². The van der Waals surface area contributed by atoms with Crippen LogP contribution < -0.4 is 19.9 Å². The number of amides is 1. The molecule has 2 aromatic carbocycles. The molecule has 0 radical (unpaired) electrons. The lowest BCUT2D eigenvalue weighted by atomic mass is 10.2. The van der Waals surface area contributed by atoms with Crippen LogP contribution >= 0.6 is 11.6 Å². The number of benzene rings is 2. The number of rotatable bonds is 7. The molecular formula is C21H28ClN3O2+2. The Bertz CT molecular complexity index is 761. The molecule has 0 aromatic heterocycles. The van der Waals surface area contributed by atoms with Gasteiger partial charge in [0.25, 0.3) is 5.91 Å². The Labute approximate surface area is 165 Å². The first-order valence-corrected chi connectivity index (χ1v) is 9.95. The van der Waals surface area contributed by atoms with Crippen LogP contribution in [0.2, 0.25) is 5.02 Å². The SMILES string of the molecule is CCOc1ccccc1NC(=O)C[NH+]1CC[NH+](Cc2cccc(Cl)c2)CC1. The number of halogens is 1. The third-order valence-corrected chi connectivity index (χ3v) is 5.11. The van der Waals surface area contributed by atoms with Crippen molar-refractivity contribution >= 4 is 23.2 Å². The zero-order valence-corrected chi connectivity index (χ0v) is 16.5. The molecule has 0 spiro atoms. The van der Waals surface area contributed by atoms with E-state index in [0.29, 0.717) is 13.2 Å². The first-order valence-electron chi connectivity index (χ1n) is 9.57. The van der Waals surface area contributed by atoms with Gasteiger partial charge in [-0.1, -0.05) is 35.9 Å². The number of hydrogen-bond acceptors (Lipinski definition) is 2. The first kappa shape index (κ1) is 19.7. The summed E-state index contributed by atoms with van der Waals surface area (Å²) >= 11 is 6.07. The summed E-state index contributed by atoms with van der Waals surface area (Å²) in [7, 11) is 0. The molecule has 1 aliphatic rings. The van der Waals surface area contributed by atoms with E-state index in [1.54, 1.807) is 4.90 Å². The highest BCUT2D eigenvalue weighted by Gasteiger charge is 2.25. The van der Waals surface area contributed by atoms with Gasteiger partial charge in [0.05, 0.1) is 12.3 Å². The third-order valence-electron chi connectivity index (χ3n) is 4.88. The normalized spacial score (nSPS) is 19.5. The van der Waals surface area contributed by atoms with Gasteiger partial charge in [-0.25, -0.2) is 0 Å². The Morgan fingerprint density at radius 2 is 1.81 bits per heavy atom. The van der Waals surface area contributed by atoms with Crippen LogP contribution in [0.4, 0.5) is 5.69 Å². The Hall–Kier alpha value is -2.08. The smallest absolute Gasteiger partial charge is 0.279 e. The highest BCUT2D eigenvalue weighted by molar-refractivity contribution is 6.30. The third kappa shape index (κ3) is 5.96. The van der Waals surface area contributed by atoms with E-state index in [0.717, 1.165) is 49.2 Å². The summed E-state index contributed by atoms with van der Waals surface area (Å²) in [5.41, 5.74) is 2.01. The maximum Gasteiger partial charge on any atom is 0.279 e. The highest BCUT2D eigenvalue weighted by Crippen LogP contribution is 2.23. The van der Waals surface area contributed by atoms with Crippen LogP contribution in [0.3, 0.4) is 0 Å². The topological polar surface area (TPSA) is 47.2 Å². The average molecular weight is 390 g/mol. The van der Waals surface area contributed by atoms with Gasteiger partial charge in [0.1, 0.15) is 38.5 Å². The number of ether oxygens (including phenoxy) is 1. The largest absolute Gasteiger partial charge is 0.492 e. The average Bonchev–Trinajstić information content (AvgIpc) is 2.65. The molecule has 5 nitrogen and oxygen atoms in total. The molecule has 1 aliphatic heterocycles. The standard InChI is InChI=1S/C21H26ClN3O2/c1-2-27-20-9-4-3-8-19(20)23-21(26)16-25-12-10-24(11-13-25)15-17-6-5-7-18(22)14-17/h3-9,14H,2,10-13,15-16H2,1H3,(H,23,26)/p+2. The number of carbonyl (C=O) groups is 1. The van der Waals surface area contributed by atoms with E-state index in [1.807, 2.05) is 49.4 Å². The first-order chi connectivity index (χ1) is 13.1. The second-order valence-electron chi connectivity index (χ2n) is 6.96. The van der Waals surface area contributed by atoms with Gasteiger partial charge in [-0.3, -0.25) is 4.79 Å². The summed E-state index contributed by atoms with van der Waals surface area (Å²) in [6.45, 7) is 8.11. The molecule has 3 N–H and O–H groups in total. The minimum atomic E-state index is 0.0374. The maximum absolute atomic E-state index is 12.4. The molecule has 1 saturated heterocycles. The molecule has 0 aliphatic carbocycles. The molecule has 3 rings (SSSR count). The van der Waals surface area contributed by atoms with Crippen molar-refractivity contribution < 1.29 is 19.3 Å². The molecular weight excluding hydrogens is 362 g/mol. The Kier molecular flexibility index (Phi) is 7.10. The molecule has 1 heterocycles. The fourth-order valence-corrected chi connectivity index (χ4v) is 3.73. The number of quaternary nitrogens is 2. The summed E-state index contributed by atoms with van der Waals surface area (Å²) < 4.78 is 5.57. The van der Waals surface area contributed by atoms with Crippen LogP contribution in [0.15, 0.2) is 48.5 Å². The van der Waals surface area contributed by atoms with E-state index >= 15 is 0 Å². The molecule has 27 heavy (non-hydrogen) atoms. The highest BCUT2D eigenvalue weighted by atomic mass is 35.5. The van der Waals surface area contributed by atoms with E-state index in [-0.39, 0.29) is 5.91 Å².